The van der Waals surface area contributed by atoms with E-state index >= 15 is 0 Å². The first kappa shape index (κ1) is 25.6. The Morgan fingerprint density at radius 3 is 2.31 bits per heavy atom. The molecule has 190 valence electrons. The SMILES string of the molecule is Cc1noc(/C=C/c2ccc(F)cc2F)c1S(=O)(=O)N1CCC(C(=O)Nc2ccc(F)cc2F)CC1. The largest absolute Gasteiger partial charge is 0.355 e. The second-order valence-corrected chi connectivity index (χ2v) is 10.1. The van der Waals surface area contributed by atoms with Gasteiger partial charge in [0.25, 0.3) is 0 Å². The number of sulfonamides is 1. The predicted molar refractivity (Wildman–Crippen MR) is 123 cm³/mol. The molecule has 36 heavy (non-hydrogen) atoms. The number of hydrogen-bond donors (Lipinski definition) is 1. The Hall–Kier alpha value is -3.51. The molecule has 2 heterocycles. The van der Waals surface area contributed by atoms with Gasteiger partial charge >= 0.3 is 0 Å². The third-order valence-corrected chi connectivity index (χ3v) is 7.88. The maximum absolute atomic E-state index is 13.9. The van der Waals surface area contributed by atoms with Crippen LogP contribution in [0.2, 0.25) is 0 Å². The van der Waals surface area contributed by atoms with Crippen LogP contribution in [0.5, 0.6) is 0 Å². The maximum atomic E-state index is 13.9. The standard InChI is InChI=1S/C24H21F4N3O4S/c1-14-23(22(35-30-14)7-3-15-2-4-17(25)12-19(15)27)36(33,34)31-10-8-16(9-11-31)24(32)29-21-6-5-18(26)13-20(21)28/h2-7,12-13,16H,8-11H2,1H3,(H,29,32)/b7-3+. The number of benzene rings is 2. The Morgan fingerprint density at radius 1 is 1.03 bits per heavy atom. The predicted octanol–water partition coefficient (Wildman–Crippen LogP) is 4.75. The molecule has 3 aromatic rings. The van der Waals surface area contributed by atoms with Crippen LogP contribution < -0.4 is 5.32 Å². The first-order valence-electron chi connectivity index (χ1n) is 10.9. The van der Waals surface area contributed by atoms with Gasteiger partial charge in [-0.15, -0.1) is 0 Å². The number of anilines is 1. The molecular formula is C24H21F4N3O4S. The number of carbonyl (C=O) groups is 1. The quantitative estimate of drug-likeness (QED) is 0.471. The summed E-state index contributed by atoms with van der Waals surface area (Å²) < 4.78 is 87.0. The van der Waals surface area contributed by atoms with Crippen molar-refractivity contribution >= 4 is 33.8 Å². The van der Waals surface area contributed by atoms with Crippen molar-refractivity contribution in [2.45, 2.75) is 24.7 Å². The first-order chi connectivity index (χ1) is 17.1. The highest BCUT2D eigenvalue weighted by Crippen LogP contribution is 2.30. The van der Waals surface area contributed by atoms with Crippen LogP contribution in [-0.4, -0.2) is 36.9 Å². The Morgan fingerprint density at radius 2 is 1.67 bits per heavy atom. The number of hydrogen-bond acceptors (Lipinski definition) is 5. The van der Waals surface area contributed by atoms with Crippen LogP contribution in [0.1, 0.15) is 29.9 Å². The molecule has 7 nitrogen and oxygen atoms in total. The monoisotopic (exact) mass is 523 g/mol. The molecule has 1 aliphatic heterocycles. The zero-order valence-corrected chi connectivity index (χ0v) is 19.8. The van der Waals surface area contributed by atoms with Crippen molar-refractivity contribution in [1.82, 2.24) is 9.46 Å². The van der Waals surface area contributed by atoms with Gasteiger partial charge in [0.1, 0.15) is 29.0 Å². The van der Waals surface area contributed by atoms with Crippen LogP contribution in [0.25, 0.3) is 12.2 Å². The van der Waals surface area contributed by atoms with Crippen LogP contribution in [0.3, 0.4) is 0 Å². The molecule has 1 aliphatic rings. The molecule has 1 aromatic heterocycles. The van der Waals surface area contributed by atoms with Gasteiger partial charge in [0, 0.05) is 36.7 Å². The summed E-state index contributed by atoms with van der Waals surface area (Å²) in [6.07, 6.45) is 2.83. The van der Waals surface area contributed by atoms with Crippen molar-refractivity contribution in [3.05, 3.63) is 76.7 Å². The average molecular weight is 524 g/mol. The molecule has 2 aromatic carbocycles. The minimum atomic E-state index is -4.08. The highest BCUT2D eigenvalue weighted by atomic mass is 32.2. The van der Waals surface area contributed by atoms with Gasteiger partial charge in [0.05, 0.1) is 5.69 Å². The number of aryl methyl sites for hydroxylation is 1. The van der Waals surface area contributed by atoms with Gasteiger partial charge in [-0.25, -0.2) is 26.0 Å². The second kappa shape index (κ2) is 10.2. The summed E-state index contributed by atoms with van der Waals surface area (Å²) in [5, 5.41) is 6.13. The lowest BCUT2D eigenvalue weighted by Gasteiger charge is -2.30. The molecule has 1 N–H and O–H groups in total. The van der Waals surface area contributed by atoms with Gasteiger partial charge in [-0.3, -0.25) is 4.79 Å². The molecule has 1 fully saturated rings. The summed E-state index contributed by atoms with van der Waals surface area (Å²) in [5.74, 6) is -4.45. The van der Waals surface area contributed by atoms with E-state index in [2.05, 4.69) is 10.5 Å². The molecule has 0 saturated carbocycles. The number of aromatic nitrogens is 1. The van der Waals surface area contributed by atoms with E-state index < -0.39 is 45.1 Å². The van der Waals surface area contributed by atoms with Gasteiger partial charge < -0.3 is 9.84 Å². The summed E-state index contributed by atoms with van der Waals surface area (Å²) in [7, 11) is -4.08. The molecule has 0 aliphatic carbocycles. The number of halogens is 4. The van der Waals surface area contributed by atoms with E-state index in [1.165, 1.54) is 29.4 Å². The summed E-state index contributed by atoms with van der Waals surface area (Å²) in [5.41, 5.74) is -0.0373. The molecule has 1 saturated heterocycles. The maximum Gasteiger partial charge on any atom is 0.248 e. The molecule has 0 unspecified atom stereocenters. The minimum absolute atomic E-state index is 0.00663. The van der Waals surface area contributed by atoms with Gasteiger partial charge in [-0.05, 0) is 56.2 Å². The normalized spacial score (nSPS) is 15.5. The molecule has 12 heteroatoms. The lowest BCUT2D eigenvalue weighted by atomic mass is 9.97. The number of nitrogens with zero attached hydrogens (tertiary/aromatic N) is 2. The number of amides is 1. The highest BCUT2D eigenvalue weighted by Gasteiger charge is 2.36. The first-order valence-corrected chi connectivity index (χ1v) is 12.4. The fourth-order valence-electron chi connectivity index (χ4n) is 3.91. The summed E-state index contributed by atoms with van der Waals surface area (Å²) in [6, 6.07) is 5.76. The Bertz CT molecular complexity index is 1430. The Kier molecular flexibility index (Phi) is 7.27. The van der Waals surface area contributed by atoms with Crippen molar-refractivity contribution < 1.29 is 35.3 Å². The zero-order valence-electron chi connectivity index (χ0n) is 19.0. The minimum Gasteiger partial charge on any atom is -0.355 e. The highest BCUT2D eigenvalue weighted by molar-refractivity contribution is 7.89. The van der Waals surface area contributed by atoms with Crippen molar-refractivity contribution in [2.75, 3.05) is 18.4 Å². The van der Waals surface area contributed by atoms with E-state index in [1.54, 1.807) is 0 Å². The Balaban J connectivity index is 1.46. The molecule has 0 spiro atoms. The lowest BCUT2D eigenvalue weighted by molar-refractivity contribution is -0.120. The number of nitrogens with one attached hydrogen (secondary N) is 1. The van der Waals surface area contributed by atoms with E-state index in [0.29, 0.717) is 12.1 Å². The van der Waals surface area contributed by atoms with E-state index in [0.717, 1.165) is 18.2 Å². The van der Waals surface area contributed by atoms with Gasteiger partial charge in [0.15, 0.2) is 10.7 Å². The zero-order chi connectivity index (χ0) is 26.0. The van der Waals surface area contributed by atoms with Crippen molar-refractivity contribution in [2.24, 2.45) is 5.92 Å². The summed E-state index contributed by atoms with van der Waals surface area (Å²) >= 11 is 0. The average Bonchev–Trinajstić information content (AvgIpc) is 3.21. The molecule has 1 amide bonds. The molecule has 0 atom stereocenters. The Labute approximate surface area is 204 Å². The number of rotatable bonds is 6. The molecule has 4 rings (SSSR count). The van der Waals surface area contributed by atoms with Gasteiger partial charge in [-0.2, -0.15) is 4.31 Å². The van der Waals surface area contributed by atoms with Crippen molar-refractivity contribution in [3.8, 4) is 0 Å². The van der Waals surface area contributed by atoms with Crippen molar-refractivity contribution in [1.29, 1.82) is 0 Å². The second-order valence-electron chi connectivity index (χ2n) is 8.25. The third kappa shape index (κ3) is 5.34. The topological polar surface area (TPSA) is 92.5 Å². The fraction of sp³-hybridized carbons (Fsp3) is 0.250. The van der Waals surface area contributed by atoms with Crippen LogP contribution in [0.4, 0.5) is 23.2 Å². The van der Waals surface area contributed by atoms with E-state index in [1.807, 2.05) is 0 Å². The smallest absolute Gasteiger partial charge is 0.248 e. The number of carbonyl (C=O) groups excluding carboxylic acids is 1. The van der Waals surface area contributed by atoms with E-state index in [9.17, 15) is 30.8 Å². The molecule has 0 bridgehead atoms. The van der Waals surface area contributed by atoms with E-state index in [-0.39, 0.29) is 53.5 Å². The van der Waals surface area contributed by atoms with Crippen LogP contribution in [0.15, 0.2) is 45.8 Å². The lowest BCUT2D eigenvalue weighted by Crippen LogP contribution is -2.41. The summed E-state index contributed by atoms with van der Waals surface area (Å²) in [4.78, 5) is 12.3. The summed E-state index contributed by atoms with van der Waals surface area (Å²) in [6.45, 7) is 1.46. The van der Waals surface area contributed by atoms with Crippen molar-refractivity contribution in [3.63, 3.8) is 0 Å². The number of piperidine rings is 1. The van der Waals surface area contributed by atoms with Crippen LogP contribution in [-0.2, 0) is 14.8 Å². The molecular weight excluding hydrogens is 502 g/mol. The third-order valence-electron chi connectivity index (χ3n) is 5.82. The van der Waals surface area contributed by atoms with E-state index in [4.69, 9.17) is 4.52 Å². The van der Waals surface area contributed by atoms with Gasteiger partial charge in [0.2, 0.25) is 15.9 Å². The van der Waals surface area contributed by atoms with Crippen LogP contribution >= 0.6 is 0 Å². The molecule has 0 radical (unpaired) electrons. The van der Waals surface area contributed by atoms with Gasteiger partial charge in [-0.1, -0.05) is 5.16 Å². The fourth-order valence-corrected chi connectivity index (χ4v) is 5.63. The van der Waals surface area contributed by atoms with Crippen LogP contribution in [0, 0.1) is 36.1 Å².